The molecule has 0 radical (unpaired) electrons. The van der Waals surface area contributed by atoms with Crippen LogP contribution in [0.25, 0.3) is 0 Å². The summed E-state index contributed by atoms with van der Waals surface area (Å²) in [4.78, 5) is 20.9. The third-order valence-electron chi connectivity index (χ3n) is 2.94. The number of hydrogen-bond donors (Lipinski definition) is 0. The van der Waals surface area contributed by atoms with Crippen molar-refractivity contribution in [2.45, 2.75) is 33.1 Å². The highest BCUT2D eigenvalue weighted by atomic mass is 16.6. The van der Waals surface area contributed by atoms with Crippen LogP contribution in [0.15, 0.2) is 6.07 Å². The van der Waals surface area contributed by atoms with E-state index in [0.717, 1.165) is 12.8 Å². The Bertz CT molecular complexity index is 513. The van der Waals surface area contributed by atoms with Crippen LogP contribution in [-0.4, -0.2) is 17.0 Å². The summed E-state index contributed by atoms with van der Waals surface area (Å²) in [6.07, 6.45) is 2.17. The van der Waals surface area contributed by atoms with Gasteiger partial charge in [0.15, 0.2) is 5.75 Å². The van der Waals surface area contributed by atoms with E-state index in [1.807, 2.05) is 6.92 Å². The topological polar surface area (TPSA) is 95.5 Å². The smallest absolute Gasteiger partial charge is 0.320 e. The van der Waals surface area contributed by atoms with Crippen molar-refractivity contribution in [1.29, 1.82) is 0 Å². The summed E-state index contributed by atoms with van der Waals surface area (Å²) in [5.41, 5.74) is 0.00246. The highest BCUT2D eigenvalue weighted by molar-refractivity contribution is 5.65. The Morgan fingerprint density at radius 3 is 2.21 bits per heavy atom. The number of methoxy groups -OCH3 is 1. The first kappa shape index (κ1) is 14.9. The zero-order valence-electron chi connectivity index (χ0n) is 11.1. The number of nitro groups is 2. The second-order valence-corrected chi connectivity index (χ2v) is 4.18. The number of rotatable bonds is 6. The van der Waals surface area contributed by atoms with Crippen LogP contribution in [-0.2, 0) is 6.42 Å². The summed E-state index contributed by atoms with van der Waals surface area (Å²) in [5.74, 6) is 0.0687. The molecule has 1 aromatic carbocycles. The van der Waals surface area contributed by atoms with E-state index < -0.39 is 9.85 Å². The van der Waals surface area contributed by atoms with Crippen LogP contribution in [0, 0.1) is 27.2 Å². The molecule has 7 nitrogen and oxygen atoms in total. The molecule has 0 aliphatic rings. The Balaban J connectivity index is 3.52. The molecule has 0 saturated carbocycles. The summed E-state index contributed by atoms with van der Waals surface area (Å²) >= 11 is 0. The molecule has 0 N–H and O–H groups in total. The van der Waals surface area contributed by atoms with Crippen molar-refractivity contribution in [1.82, 2.24) is 0 Å². The van der Waals surface area contributed by atoms with Crippen molar-refractivity contribution in [3.8, 4) is 5.75 Å². The minimum atomic E-state index is -0.648. The van der Waals surface area contributed by atoms with Crippen molar-refractivity contribution in [3.05, 3.63) is 37.4 Å². The highest BCUT2D eigenvalue weighted by Crippen LogP contribution is 2.39. The van der Waals surface area contributed by atoms with E-state index in [0.29, 0.717) is 12.0 Å². The van der Waals surface area contributed by atoms with Gasteiger partial charge in [-0.15, -0.1) is 0 Å². The second kappa shape index (κ2) is 6.12. The Morgan fingerprint density at radius 1 is 1.21 bits per heavy atom. The fraction of sp³-hybridized carbons (Fsp3) is 0.500. The second-order valence-electron chi connectivity index (χ2n) is 4.18. The van der Waals surface area contributed by atoms with Crippen LogP contribution >= 0.6 is 0 Å². The van der Waals surface area contributed by atoms with Gasteiger partial charge in [-0.2, -0.15) is 0 Å². The molecule has 0 aliphatic heterocycles. The maximum absolute atomic E-state index is 11.1. The van der Waals surface area contributed by atoms with Gasteiger partial charge in [0.25, 0.3) is 5.69 Å². The molecule has 1 rings (SSSR count). The van der Waals surface area contributed by atoms with Gasteiger partial charge in [0.2, 0.25) is 0 Å². The average molecular weight is 268 g/mol. The van der Waals surface area contributed by atoms with Crippen LogP contribution in [0.3, 0.4) is 0 Å². The molecule has 0 bridgehead atoms. The van der Waals surface area contributed by atoms with Gasteiger partial charge in [0, 0.05) is 5.56 Å². The van der Waals surface area contributed by atoms with Gasteiger partial charge < -0.3 is 4.74 Å². The van der Waals surface area contributed by atoms with E-state index in [2.05, 4.69) is 0 Å². The Labute approximate surface area is 110 Å². The Hall–Kier alpha value is -2.18. The van der Waals surface area contributed by atoms with E-state index in [4.69, 9.17) is 4.74 Å². The van der Waals surface area contributed by atoms with Gasteiger partial charge in [-0.1, -0.05) is 13.3 Å². The van der Waals surface area contributed by atoms with E-state index in [1.54, 1.807) is 0 Å². The third-order valence-corrected chi connectivity index (χ3v) is 2.94. The molecular weight excluding hydrogens is 252 g/mol. The number of nitrogens with zero attached hydrogens (tertiary/aromatic N) is 2. The number of nitro benzene ring substituents is 2. The number of hydrogen-bond acceptors (Lipinski definition) is 5. The normalized spacial score (nSPS) is 10.3. The van der Waals surface area contributed by atoms with Gasteiger partial charge >= 0.3 is 5.69 Å². The first-order chi connectivity index (χ1) is 8.93. The lowest BCUT2D eigenvalue weighted by atomic mass is 10.0. The summed E-state index contributed by atoms with van der Waals surface area (Å²) in [7, 11) is 1.32. The van der Waals surface area contributed by atoms with Crippen molar-refractivity contribution < 1.29 is 14.6 Å². The average Bonchev–Trinajstić information content (AvgIpc) is 2.34. The van der Waals surface area contributed by atoms with Crippen molar-refractivity contribution >= 4 is 11.4 Å². The van der Waals surface area contributed by atoms with Gasteiger partial charge in [0.05, 0.1) is 17.0 Å². The monoisotopic (exact) mass is 268 g/mol. The molecule has 0 unspecified atom stereocenters. The van der Waals surface area contributed by atoms with Crippen molar-refractivity contribution in [2.75, 3.05) is 7.11 Å². The van der Waals surface area contributed by atoms with Crippen molar-refractivity contribution in [3.63, 3.8) is 0 Å². The highest BCUT2D eigenvalue weighted by Gasteiger charge is 2.30. The molecule has 104 valence electrons. The maximum Gasteiger partial charge on any atom is 0.320 e. The summed E-state index contributed by atoms with van der Waals surface area (Å²) in [5, 5.41) is 22.1. The minimum absolute atomic E-state index is 0.0421. The predicted octanol–water partition coefficient (Wildman–Crippen LogP) is 3.16. The largest absolute Gasteiger partial charge is 0.490 e. The zero-order chi connectivity index (χ0) is 14.6. The Kier molecular flexibility index (Phi) is 4.80. The quantitative estimate of drug-likeness (QED) is 0.583. The fourth-order valence-corrected chi connectivity index (χ4v) is 2.03. The predicted molar refractivity (Wildman–Crippen MR) is 69.7 cm³/mol. The van der Waals surface area contributed by atoms with Crippen LogP contribution in [0.4, 0.5) is 11.4 Å². The summed E-state index contributed by atoms with van der Waals surface area (Å²) < 4.78 is 4.98. The lowest BCUT2D eigenvalue weighted by Gasteiger charge is -2.09. The summed E-state index contributed by atoms with van der Waals surface area (Å²) in [6.45, 7) is 3.36. The molecule has 0 spiro atoms. The molecule has 1 aromatic rings. The van der Waals surface area contributed by atoms with E-state index in [-0.39, 0.29) is 22.7 Å². The first-order valence-corrected chi connectivity index (χ1v) is 5.93. The third kappa shape index (κ3) is 2.98. The number of aryl methyl sites for hydroxylation is 1. The standard InChI is InChI=1S/C12H16N2O5/c1-4-5-6-9-7-10(19-3)12(14(17)18)8(2)11(9)13(15)16/h7H,4-6H2,1-3H3. The fourth-order valence-electron chi connectivity index (χ4n) is 2.03. The van der Waals surface area contributed by atoms with Gasteiger partial charge in [-0.3, -0.25) is 20.2 Å². The maximum atomic E-state index is 11.1. The molecule has 0 aromatic heterocycles. The molecule has 7 heteroatoms. The zero-order valence-corrected chi connectivity index (χ0v) is 11.1. The molecule has 19 heavy (non-hydrogen) atoms. The van der Waals surface area contributed by atoms with E-state index in [9.17, 15) is 20.2 Å². The molecular formula is C12H16N2O5. The molecule has 0 aliphatic carbocycles. The van der Waals surface area contributed by atoms with Gasteiger partial charge in [0.1, 0.15) is 5.56 Å². The SMILES string of the molecule is CCCCc1cc(OC)c([N+](=O)[O-])c(C)c1[N+](=O)[O-]. The first-order valence-electron chi connectivity index (χ1n) is 5.93. The number of unbranched alkanes of at least 4 members (excludes halogenated alkanes) is 1. The van der Waals surface area contributed by atoms with Crippen LogP contribution in [0.2, 0.25) is 0 Å². The van der Waals surface area contributed by atoms with Gasteiger partial charge in [-0.05, 0) is 25.8 Å². The number of benzene rings is 1. The lowest BCUT2D eigenvalue weighted by Crippen LogP contribution is -2.04. The number of ether oxygens (including phenoxy) is 1. The molecule has 0 heterocycles. The van der Waals surface area contributed by atoms with E-state index >= 15 is 0 Å². The lowest BCUT2D eigenvalue weighted by molar-refractivity contribution is -0.396. The molecule has 0 atom stereocenters. The van der Waals surface area contributed by atoms with Crippen LogP contribution in [0.5, 0.6) is 5.75 Å². The van der Waals surface area contributed by atoms with Crippen molar-refractivity contribution in [2.24, 2.45) is 0 Å². The van der Waals surface area contributed by atoms with Crippen LogP contribution in [0.1, 0.15) is 30.9 Å². The van der Waals surface area contributed by atoms with Gasteiger partial charge in [-0.25, -0.2) is 0 Å². The minimum Gasteiger partial charge on any atom is -0.490 e. The van der Waals surface area contributed by atoms with E-state index in [1.165, 1.54) is 20.1 Å². The Morgan fingerprint density at radius 2 is 1.79 bits per heavy atom. The molecule has 0 fully saturated rings. The summed E-state index contributed by atoms with van der Waals surface area (Å²) in [6, 6.07) is 1.40. The van der Waals surface area contributed by atoms with Crippen LogP contribution < -0.4 is 4.74 Å². The molecule has 0 amide bonds. The molecule has 0 saturated heterocycles.